The van der Waals surface area contributed by atoms with E-state index >= 15 is 0 Å². The summed E-state index contributed by atoms with van der Waals surface area (Å²) in [5.41, 5.74) is 8.40. The molecule has 0 N–H and O–H groups in total. The third kappa shape index (κ3) is 4.80. The standard InChI is InChI=1S/C34H30N4O2/c1-24-8-3-5-11-30(24)26-13-15-27(16-14-26)33(39)38-23-29-17-18-32(37(29)22-28-10-4-6-12-31(28)38)34(40)36(2)21-25-9-7-19-35-20-25/h3-20H,21-23H2,1-2H3. The molecule has 0 unspecified atom stereocenters. The summed E-state index contributed by atoms with van der Waals surface area (Å²) in [4.78, 5) is 35.1. The molecular weight excluding hydrogens is 496 g/mol. The summed E-state index contributed by atoms with van der Waals surface area (Å²) in [5.74, 6) is -0.140. The van der Waals surface area contributed by atoms with Crippen molar-refractivity contribution in [2.24, 2.45) is 0 Å². The first-order valence-electron chi connectivity index (χ1n) is 13.4. The number of anilines is 1. The number of benzene rings is 3. The highest BCUT2D eigenvalue weighted by molar-refractivity contribution is 6.07. The number of carbonyl (C=O) groups is 2. The maximum Gasteiger partial charge on any atom is 0.270 e. The minimum absolute atomic E-state index is 0.0694. The van der Waals surface area contributed by atoms with Crippen molar-refractivity contribution in [3.05, 3.63) is 143 Å². The normalized spacial score (nSPS) is 12.3. The van der Waals surface area contributed by atoms with Gasteiger partial charge in [0.05, 0.1) is 13.1 Å². The van der Waals surface area contributed by atoms with Crippen molar-refractivity contribution in [1.29, 1.82) is 0 Å². The molecule has 0 atom stereocenters. The number of aryl methyl sites for hydroxylation is 1. The monoisotopic (exact) mass is 526 g/mol. The molecule has 3 aromatic carbocycles. The molecule has 0 spiro atoms. The molecule has 198 valence electrons. The minimum atomic E-state index is -0.0702. The third-order valence-electron chi connectivity index (χ3n) is 7.54. The van der Waals surface area contributed by atoms with Crippen molar-refractivity contribution < 1.29 is 9.59 Å². The van der Waals surface area contributed by atoms with E-state index in [1.54, 1.807) is 24.3 Å². The second-order valence-corrected chi connectivity index (χ2v) is 10.2. The van der Waals surface area contributed by atoms with Crippen LogP contribution in [0.1, 0.15) is 43.2 Å². The third-order valence-corrected chi connectivity index (χ3v) is 7.54. The summed E-state index contributed by atoms with van der Waals surface area (Å²) >= 11 is 0. The van der Waals surface area contributed by atoms with Gasteiger partial charge in [-0.3, -0.25) is 14.6 Å². The number of fused-ring (bicyclic) bond motifs is 2. The molecule has 0 bridgehead atoms. The number of amides is 2. The summed E-state index contributed by atoms with van der Waals surface area (Å²) in [6.07, 6.45) is 3.50. The molecule has 0 saturated carbocycles. The summed E-state index contributed by atoms with van der Waals surface area (Å²) in [6, 6.07) is 31.7. The van der Waals surface area contributed by atoms with Gasteiger partial charge in [0.25, 0.3) is 11.8 Å². The van der Waals surface area contributed by atoms with E-state index in [1.807, 2.05) is 94.4 Å². The van der Waals surface area contributed by atoms with Crippen molar-refractivity contribution in [2.45, 2.75) is 26.6 Å². The van der Waals surface area contributed by atoms with Crippen LogP contribution in [0.5, 0.6) is 0 Å². The molecule has 5 aromatic rings. The highest BCUT2D eigenvalue weighted by Gasteiger charge is 2.28. The van der Waals surface area contributed by atoms with Gasteiger partial charge in [-0.2, -0.15) is 0 Å². The Morgan fingerprint density at radius 2 is 1.62 bits per heavy atom. The lowest BCUT2D eigenvalue weighted by atomic mass is 9.99. The Bertz CT molecular complexity index is 1690. The highest BCUT2D eigenvalue weighted by Crippen LogP contribution is 2.31. The van der Waals surface area contributed by atoms with Crippen molar-refractivity contribution in [3.63, 3.8) is 0 Å². The van der Waals surface area contributed by atoms with Gasteiger partial charge in [0.15, 0.2) is 0 Å². The van der Waals surface area contributed by atoms with Gasteiger partial charge in [0, 0.05) is 42.9 Å². The summed E-state index contributed by atoms with van der Waals surface area (Å²) < 4.78 is 2.04. The number of aromatic nitrogens is 2. The van der Waals surface area contributed by atoms with Gasteiger partial charge in [0.2, 0.25) is 0 Å². The van der Waals surface area contributed by atoms with Crippen LogP contribution in [-0.4, -0.2) is 33.3 Å². The van der Waals surface area contributed by atoms with Crippen molar-refractivity contribution >= 4 is 17.5 Å². The molecule has 2 amide bonds. The Balaban J connectivity index is 1.30. The first-order valence-corrected chi connectivity index (χ1v) is 13.4. The zero-order valence-corrected chi connectivity index (χ0v) is 22.6. The minimum Gasteiger partial charge on any atom is -0.336 e. The number of rotatable bonds is 5. The number of nitrogens with zero attached hydrogens (tertiary/aromatic N) is 4. The van der Waals surface area contributed by atoms with Gasteiger partial charge in [-0.15, -0.1) is 0 Å². The molecule has 0 fully saturated rings. The average molecular weight is 527 g/mol. The molecule has 6 nitrogen and oxygen atoms in total. The summed E-state index contributed by atoms with van der Waals surface area (Å²) in [6.45, 7) is 3.44. The fourth-order valence-electron chi connectivity index (χ4n) is 5.41. The van der Waals surface area contributed by atoms with Crippen LogP contribution in [0.15, 0.2) is 109 Å². The van der Waals surface area contributed by atoms with Crippen LogP contribution in [0, 0.1) is 6.92 Å². The first kappa shape index (κ1) is 25.3. The van der Waals surface area contributed by atoms with Gasteiger partial charge in [-0.25, -0.2) is 0 Å². The number of pyridine rings is 1. The van der Waals surface area contributed by atoms with Crippen LogP contribution in [0.2, 0.25) is 0 Å². The Kier molecular flexibility index (Phi) is 6.74. The Morgan fingerprint density at radius 3 is 2.40 bits per heavy atom. The van der Waals surface area contributed by atoms with E-state index in [9.17, 15) is 9.59 Å². The molecule has 3 heterocycles. The van der Waals surface area contributed by atoms with Crippen LogP contribution in [0.3, 0.4) is 0 Å². The van der Waals surface area contributed by atoms with Gasteiger partial charge in [-0.1, -0.05) is 60.7 Å². The van der Waals surface area contributed by atoms with E-state index in [0.29, 0.717) is 30.9 Å². The van der Waals surface area contributed by atoms with E-state index in [4.69, 9.17) is 0 Å². The van der Waals surface area contributed by atoms with Crippen LogP contribution in [0.25, 0.3) is 11.1 Å². The van der Waals surface area contributed by atoms with Gasteiger partial charge < -0.3 is 14.4 Å². The van der Waals surface area contributed by atoms with Crippen molar-refractivity contribution in [3.8, 4) is 11.1 Å². The van der Waals surface area contributed by atoms with E-state index in [-0.39, 0.29) is 11.8 Å². The predicted molar refractivity (Wildman–Crippen MR) is 157 cm³/mol. The molecule has 1 aliphatic heterocycles. The van der Waals surface area contributed by atoms with E-state index < -0.39 is 0 Å². The molecular formula is C34H30N4O2. The Labute approximate surface area is 234 Å². The lowest BCUT2D eigenvalue weighted by molar-refractivity contribution is 0.0774. The van der Waals surface area contributed by atoms with Crippen LogP contribution >= 0.6 is 0 Å². The van der Waals surface area contributed by atoms with Crippen LogP contribution in [0.4, 0.5) is 5.69 Å². The maximum absolute atomic E-state index is 13.9. The molecule has 0 radical (unpaired) electrons. The number of carbonyl (C=O) groups excluding carboxylic acids is 2. The van der Waals surface area contributed by atoms with E-state index in [1.165, 1.54) is 5.56 Å². The quantitative estimate of drug-likeness (QED) is 0.269. The molecule has 6 rings (SSSR count). The first-order chi connectivity index (χ1) is 19.5. The molecule has 40 heavy (non-hydrogen) atoms. The number of para-hydroxylation sites is 1. The lowest BCUT2D eigenvalue weighted by Crippen LogP contribution is -2.31. The predicted octanol–water partition coefficient (Wildman–Crippen LogP) is 6.34. The van der Waals surface area contributed by atoms with Gasteiger partial charge in [0.1, 0.15) is 5.69 Å². The summed E-state index contributed by atoms with van der Waals surface area (Å²) in [5, 5.41) is 0. The molecule has 6 heteroatoms. The van der Waals surface area contributed by atoms with Crippen molar-refractivity contribution in [2.75, 3.05) is 11.9 Å². The topological polar surface area (TPSA) is 58.4 Å². The Hall–Kier alpha value is -4.97. The molecule has 1 aliphatic rings. The van der Waals surface area contributed by atoms with E-state index in [0.717, 1.165) is 33.6 Å². The average Bonchev–Trinajstić information content (AvgIpc) is 3.30. The fourth-order valence-corrected chi connectivity index (χ4v) is 5.41. The largest absolute Gasteiger partial charge is 0.336 e. The highest BCUT2D eigenvalue weighted by atomic mass is 16.2. The zero-order valence-electron chi connectivity index (χ0n) is 22.6. The summed E-state index contributed by atoms with van der Waals surface area (Å²) in [7, 11) is 1.80. The zero-order chi connectivity index (χ0) is 27.6. The van der Waals surface area contributed by atoms with Gasteiger partial charge >= 0.3 is 0 Å². The smallest absolute Gasteiger partial charge is 0.270 e. The second kappa shape index (κ2) is 10.7. The molecule has 0 aliphatic carbocycles. The second-order valence-electron chi connectivity index (χ2n) is 10.2. The molecule has 0 saturated heterocycles. The van der Waals surface area contributed by atoms with Crippen LogP contribution in [-0.2, 0) is 19.6 Å². The lowest BCUT2D eigenvalue weighted by Gasteiger charge is -2.23. The van der Waals surface area contributed by atoms with E-state index in [2.05, 4.69) is 24.0 Å². The fraction of sp³-hybridized carbons (Fsp3) is 0.147. The molecule has 2 aromatic heterocycles. The number of hydrogen-bond acceptors (Lipinski definition) is 3. The maximum atomic E-state index is 13.9. The SMILES string of the molecule is Cc1ccccc1-c1ccc(C(=O)N2Cc3ccc(C(=O)N(C)Cc4cccnc4)n3Cc3ccccc32)cc1. The number of hydrogen-bond donors (Lipinski definition) is 0. The Morgan fingerprint density at radius 1 is 0.850 bits per heavy atom. The van der Waals surface area contributed by atoms with Crippen LogP contribution < -0.4 is 4.90 Å². The van der Waals surface area contributed by atoms with Gasteiger partial charge in [-0.05, 0) is 71.1 Å². The van der Waals surface area contributed by atoms with Crippen molar-refractivity contribution in [1.82, 2.24) is 14.5 Å².